The number of hydrogen-bond acceptors (Lipinski definition) is 9. The van der Waals surface area contributed by atoms with Gasteiger partial charge in [0.15, 0.2) is 6.10 Å². The maximum Gasteiger partial charge on any atom is 0.472 e. The summed E-state index contributed by atoms with van der Waals surface area (Å²) in [5.74, 6) is -0.926. The van der Waals surface area contributed by atoms with Gasteiger partial charge in [0.05, 0.1) is 19.8 Å². The highest BCUT2D eigenvalue weighted by Crippen LogP contribution is 2.43. The van der Waals surface area contributed by atoms with E-state index in [2.05, 4.69) is 18.4 Å². The number of phosphoric ester groups is 1. The highest BCUT2D eigenvalue weighted by atomic mass is 31.2. The fraction of sp³-hybridized carbons (Fsp3) is 0.938. The summed E-state index contributed by atoms with van der Waals surface area (Å²) >= 11 is 0. The van der Waals surface area contributed by atoms with Crippen LogP contribution in [-0.2, 0) is 32.7 Å². The number of hydrogen-bond donors (Lipinski definition) is 3. The molecule has 0 aliphatic heterocycles. The molecule has 0 fully saturated rings. The Morgan fingerprint density at radius 3 is 1.44 bits per heavy atom. The largest absolute Gasteiger partial charge is 0.472 e. The van der Waals surface area contributed by atoms with Gasteiger partial charge >= 0.3 is 19.8 Å². The first-order valence-electron chi connectivity index (χ1n) is 17.0. The van der Waals surface area contributed by atoms with Crippen molar-refractivity contribution in [2.75, 3.05) is 26.4 Å². The molecule has 0 amide bonds. The fourth-order valence-electron chi connectivity index (χ4n) is 4.58. The molecule has 0 aromatic heterocycles. The van der Waals surface area contributed by atoms with Crippen LogP contribution in [0.2, 0.25) is 0 Å². The van der Waals surface area contributed by atoms with Crippen LogP contribution in [0, 0.1) is 0 Å². The molecular weight excluding hydrogens is 575 g/mol. The van der Waals surface area contributed by atoms with Gasteiger partial charge in [-0.25, -0.2) is 4.57 Å². The molecule has 0 heterocycles. The number of carbonyl (C=O) groups excluding carboxylic acids is 2. The topological polar surface area (TPSA) is 149 Å². The Labute approximate surface area is 261 Å². The molecule has 43 heavy (non-hydrogen) atoms. The summed E-state index contributed by atoms with van der Waals surface area (Å²) in [5.41, 5.74) is 0. The van der Waals surface area contributed by atoms with Gasteiger partial charge in [0, 0.05) is 12.8 Å². The first kappa shape index (κ1) is 42.0. The van der Waals surface area contributed by atoms with Gasteiger partial charge in [-0.1, -0.05) is 129 Å². The van der Waals surface area contributed by atoms with Crippen molar-refractivity contribution in [1.82, 2.24) is 0 Å². The van der Waals surface area contributed by atoms with Gasteiger partial charge in [-0.15, -0.1) is 0 Å². The molecule has 0 saturated carbocycles. The second-order valence-corrected chi connectivity index (χ2v) is 13.0. The van der Waals surface area contributed by atoms with Crippen LogP contribution in [0.1, 0.15) is 155 Å². The SMILES string of the molecule is CCCCCCCCCCCCCCCC(=O)OC(COC(=O)CCCCCCCCC)COP(=O)(O)OCC(O)CO. The maximum atomic E-state index is 12.5. The first-order valence-corrected chi connectivity index (χ1v) is 18.5. The van der Waals surface area contributed by atoms with Crippen LogP contribution in [0.4, 0.5) is 0 Å². The molecule has 11 heteroatoms. The van der Waals surface area contributed by atoms with Crippen LogP contribution in [0.15, 0.2) is 0 Å². The molecule has 3 N–H and O–H groups in total. The predicted octanol–water partition coefficient (Wildman–Crippen LogP) is 7.55. The van der Waals surface area contributed by atoms with Crippen LogP contribution < -0.4 is 0 Å². The van der Waals surface area contributed by atoms with Gasteiger partial charge in [0.2, 0.25) is 0 Å². The van der Waals surface area contributed by atoms with E-state index in [0.29, 0.717) is 12.8 Å². The Balaban J connectivity index is 4.38. The van der Waals surface area contributed by atoms with E-state index in [9.17, 15) is 24.2 Å². The second kappa shape index (κ2) is 29.7. The third kappa shape index (κ3) is 29.4. The van der Waals surface area contributed by atoms with E-state index in [-0.39, 0.29) is 19.4 Å². The summed E-state index contributed by atoms with van der Waals surface area (Å²) in [6, 6.07) is 0. The maximum absolute atomic E-state index is 12.5. The van der Waals surface area contributed by atoms with E-state index in [1.807, 2.05) is 0 Å². The van der Waals surface area contributed by atoms with Crippen molar-refractivity contribution >= 4 is 19.8 Å². The third-order valence-electron chi connectivity index (χ3n) is 7.26. The van der Waals surface area contributed by atoms with Crippen molar-refractivity contribution in [3.05, 3.63) is 0 Å². The Kier molecular flexibility index (Phi) is 29.0. The Bertz CT molecular complexity index is 706. The van der Waals surface area contributed by atoms with Crippen LogP contribution in [0.25, 0.3) is 0 Å². The minimum atomic E-state index is -4.59. The van der Waals surface area contributed by atoms with Crippen molar-refractivity contribution in [1.29, 1.82) is 0 Å². The molecule has 0 bridgehead atoms. The van der Waals surface area contributed by atoms with Gasteiger partial charge in [0.25, 0.3) is 0 Å². The number of phosphoric acid groups is 1. The number of unbranched alkanes of at least 4 members (excludes halogenated alkanes) is 18. The van der Waals surface area contributed by atoms with E-state index in [0.717, 1.165) is 38.5 Å². The Morgan fingerprint density at radius 2 is 1.00 bits per heavy atom. The molecule has 256 valence electrons. The number of aliphatic hydroxyl groups excluding tert-OH is 2. The van der Waals surface area contributed by atoms with Crippen LogP contribution in [0.3, 0.4) is 0 Å². The number of esters is 2. The summed E-state index contributed by atoms with van der Waals surface area (Å²) in [5, 5.41) is 18.2. The summed E-state index contributed by atoms with van der Waals surface area (Å²) in [6.07, 6.45) is 21.0. The average Bonchev–Trinajstić information content (AvgIpc) is 2.99. The van der Waals surface area contributed by atoms with E-state index in [1.165, 1.54) is 77.0 Å². The molecule has 10 nitrogen and oxygen atoms in total. The normalized spacial score (nSPS) is 14.3. The molecule has 3 unspecified atom stereocenters. The lowest BCUT2D eigenvalue weighted by Gasteiger charge is -2.20. The Hall–Kier alpha value is -1.03. The molecule has 0 aliphatic rings. The van der Waals surface area contributed by atoms with Gasteiger partial charge in [-0.3, -0.25) is 18.6 Å². The van der Waals surface area contributed by atoms with Gasteiger partial charge in [-0.05, 0) is 12.8 Å². The highest BCUT2D eigenvalue weighted by Gasteiger charge is 2.27. The predicted molar refractivity (Wildman–Crippen MR) is 169 cm³/mol. The quantitative estimate of drug-likeness (QED) is 0.0383. The number of rotatable bonds is 32. The fourth-order valence-corrected chi connectivity index (χ4v) is 5.37. The molecule has 0 spiro atoms. The molecule has 0 saturated heterocycles. The zero-order chi connectivity index (χ0) is 32.0. The van der Waals surface area contributed by atoms with Crippen LogP contribution in [-0.4, -0.2) is 65.7 Å². The van der Waals surface area contributed by atoms with Gasteiger partial charge in [0.1, 0.15) is 12.7 Å². The van der Waals surface area contributed by atoms with Crippen molar-refractivity contribution < 1.29 is 47.8 Å². The zero-order valence-electron chi connectivity index (χ0n) is 27.2. The van der Waals surface area contributed by atoms with Crippen molar-refractivity contribution in [3.63, 3.8) is 0 Å². The summed E-state index contributed by atoms with van der Waals surface area (Å²) in [4.78, 5) is 34.5. The van der Waals surface area contributed by atoms with Crippen molar-refractivity contribution in [2.45, 2.75) is 167 Å². The lowest BCUT2D eigenvalue weighted by molar-refractivity contribution is -0.161. The lowest BCUT2D eigenvalue weighted by atomic mass is 10.0. The number of carbonyl (C=O) groups is 2. The summed E-state index contributed by atoms with van der Waals surface area (Å²) in [7, 11) is -4.59. The summed E-state index contributed by atoms with van der Waals surface area (Å²) in [6.45, 7) is 2.31. The van der Waals surface area contributed by atoms with Crippen LogP contribution >= 0.6 is 7.82 Å². The third-order valence-corrected chi connectivity index (χ3v) is 8.21. The van der Waals surface area contributed by atoms with Crippen LogP contribution in [0.5, 0.6) is 0 Å². The lowest BCUT2D eigenvalue weighted by Crippen LogP contribution is -2.29. The molecule has 0 aliphatic carbocycles. The number of aliphatic hydroxyl groups is 2. The molecule has 0 rings (SSSR count). The molecule has 0 aromatic rings. The molecular formula is C32H63O10P. The van der Waals surface area contributed by atoms with E-state index < -0.39 is 51.8 Å². The van der Waals surface area contributed by atoms with Gasteiger partial charge in [-0.2, -0.15) is 0 Å². The molecule has 0 radical (unpaired) electrons. The van der Waals surface area contributed by atoms with E-state index in [1.54, 1.807) is 0 Å². The zero-order valence-corrected chi connectivity index (χ0v) is 28.1. The van der Waals surface area contributed by atoms with E-state index >= 15 is 0 Å². The van der Waals surface area contributed by atoms with E-state index in [4.69, 9.17) is 19.1 Å². The molecule has 0 aromatic carbocycles. The smallest absolute Gasteiger partial charge is 0.462 e. The minimum absolute atomic E-state index is 0.191. The highest BCUT2D eigenvalue weighted by molar-refractivity contribution is 7.47. The molecule has 3 atom stereocenters. The number of ether oxygens (including phenoxy) is 2. The minimum Gasteiger partial charge on any atom is -0.462 e. The second-order valence-electron chi connectivity index (χ2n) is 11.6. The average molecular weight is 639 g/mol. The summed E-state index contributed by atoms with van der Waals surface area (Å²) < 4.78 is 32.4. The van der Waals surface area contributed by atoms with Crippen molar-refractivity contribution in [2.24, 2.45) is 0 Å². The van der Waals surface area contributed by atoms with Crippen molar-refractivity contribution in [3.8, 4) is 0 Å². The van der Waals surface area contributed by atoms with Gasteiger partial charge < -0.3 is 24.6 Å². The Morgan fingerprint density at radius 1 is 0.605 bits per heavy atom. The first-order chi connectivity index (χ1) is 20.7. The monoisotopic (exact) mass is 638 g/mol. The standard InChI is InChI=1S/C32H63O10P/c1-3-5-7-9-11-12-13-14-15-16-18-20-22-24-32(36)42-30(28-41-43(37,38)40-26-29(34)25-33)27-39-31(35)23-21-19-17-10-8-6-4-2/h29-30,33-34H,3-28H2,1-2H3,(H,37,38).